The first-order chi connectivity index (χ1) is 34.2. The molecular formula is C46H48N10O12S4. The van der Waals surface area contributed by atoms with Crippen molar-refractivity contribution < 1.29 is 58.2 Å². The van der Waals surface area contributed by atoms with Crippen LogP contribution in [0, 0.1) is 0 Å². The predicted octanol–water partition coefficient (Wildman–Crippen LogP) is 0.850. The molecule has 378 valence electrons. The zero-order valence-corrected chi connectivity index (χ0v) is 42.3. The SMILES string of the molecule is C=C1C(=O)SCC(NC(=O)c2nc3ccccc3cc2O)C(=O)NCC(=O)N(C)C2CSSCC(C(=O)N1C)N(C)C(=O)CNC(=O)C(NC(=O)c1nc3ccccc3cc1O)CSC(=O)C(=C)N(C)C2=O. The van der Waals surface area contributed by atoms with Crippen LogP contribution < -0.4 is 21.3 Å². The van der Waals surface area contributed by atoms with Crippen molar-refractivity contribution in [3.63, 3.8) is 0 Å². The van der Waals surface area contributed by atoms with Crippen LogP contribution in [0.2, 0.25) is 0 Å². The van der Waals surface area contributed by atoms with E-state index in [0.29, 0.717) is 45.3 Å². The summed E-state index contributed by atoms with van der Waals surface area (Å²) in [7, 11) is 7.06. The number of pyridine rings is 2. The van der Waals surface area contributed by atoms with Gasteiger partial charge in [-0.3, -0.25) is 47.9 Å². The number of likely N-dealkylation sites (N-methyl/N-ethyl adjacent to an activating group) is 4. The topological polar surface area (TPSA) is 298 Å². The number of aromatic nitrogens is 2. The Morgan fingerprint density at radius 3 is 1.33 bits per heavy atom. The number of nitrogens with one attached hydrogen (secondary N) is 4. The van der Waals surface area contributed by atoms with Crippen molar-refractivity contribution >= 4 is 124 Å². The lowest BCUT2D eigenvalue weighted by Crippen LogP contribution is -2.55. The Kier molecular flexibility index (Phi) is 17.9. The number of benzene rings is 2. The van der Waals surface area contributed by atoms with Crippen molar-refractivity contribution in [1.82, 2.24) is 50.8 Å². The van der Waals surface area contributed by atoms with E-state index in [1.165, 1.54) is 40.3 Å². The van der Waals surface area contributed by atoms with Gasteiger partial charge in [-0.15, -0.1) is 0 Å². The highest BCUT2D eigenvalue weighted by Crippen LogP contribution is 2.29. The fourth-order valence-corrected chi connectivity index (χ4v) is 11.2. The zero-order valence-electron chi connectivity index (χ0n) is 39.0. The minimum atomic E-state index is -1.58. The van der Waals surface area contributed by atoms with Crippen molar-refractivity contribution in [3.05, 3.63) is 96.6 Å². The van der Waals surface area contributed by atoms with E-state index < -0.39 is 129 Å². The van der Waals surface area contributed by atoms with Crippen molar-refractivity contribution in [2.75, 3.05) is 64.3 Å². The van der Waals surface area contributed by atoms with Crippen LogP contribution in [-0.4, -0.2) is 186 Å². The fraction of sp³-hybridized carbons (Fsp3) is 0.304. The molecule has 6 rings (SSSR count). The summed E-state index contributed by atoms with van der Waals surface area (Å²) in [6, 6.07) is 9.97. The van der Waals surface area contributed by atoms with Crippen LogP contribution in [-0.2, 0) is 38.4 Å². The number of fused-ring (bicyclic) bond motifs is 7. The van der Waals surface area contributed by atoms with E-state index in [0.717, 1.165) is 41.2 Å². The molecule has 4 aromatic rings. The number of amides is 8. The van der Waals surface area contributed by atoms with Gasteiger partial charge in [0.15, 0.2) is 11.4 Å². The van der Waals surface area contributed by atoms with E-state index in [2.05, 4.69) is 44.4 Å². The Balaban J connectivity index is 1.31. The van der Waals surface area contributed by atoms with Gasteiger partial charge in [0.25, 0.3) is 23.6 Å². The van der Waals surface area contributed by atoms with Gasteiger partial charge in [0, 0.05) is 62.0 Å². The molecule has 0 spiro atoms. The Morgan fingerprint density at radius 2 is 0.958 bits per heavy atom. The highest BCUT2D eigenvalue weighted by molar-refractivity contribution is 8.76. The van der Waals surface area contributed by atoms with Crippen LogP contribution in [0.3, 0.4) is 0 Å². The van der Waals surface area contributed by atoms with Crippen LogP contribution in [0.5, 0.6) is 11.5 Å². The van der Waals surface area contributed by atoms with E-state index in [1.54, 1.807) is 48.5 Å². The third kappa shape index (κ3) is 12.6. The molecule has 2 bridgehead atoms. The first-order valence-electron chi connectivity index (χ1n) is 21.6. The smallest absolute Gasteiger partial charge is 0.274 e. The minimum Gasteiger partial charge on any atom is -0.505 e. The van der Waals surface area contributed by atoms with E-state index in [4.69, 9.17) is 0 Å². The maximum atomic E-state index is 14.3. The molecule has 0 radical (unpaired) electrons. The van der Waals surface area contributed by atoms with E-state index >= 15 is 0 Å². The summed E-state index contributed by atoms with van der Waals surface area (Å²) in [5.41, 5.74) is -0.971. The summed E-state index contributed by atoms with van der Waals surface area (Å²) in [6.45, 7) is 6.10. The molecule has 22 nitrogen and oxygen atoms in total. The monoisotopic (exact) mass is 1060 g/mol. The number of nitrogens with zero attached hydrogens (tertiary/aromatic N) is 6. The maximum Gasteiger partial charge on any atom is 0.274 e. The van der Waals surface area contributed by atoms with Crippen LogP contribution in [0.4, 0.5) is 0 Å². The molecular weight excluding hydrogens is 1010 g/mol. The molecule has 72 heavy (non-hydrogen) atoms. The van der Waals surface area contributed by atoms with Gasteiger partial charge in [-0.1, -0.05) is 94.7 Å². The number of rotatable bonds is 4. The van der Waals surface area contributed by atoms with E-state index in [-0.39, 0.29) is 22.9 Å². The third-order valence-electron chi connectivity index (χ3n) is 11.4. The largest absolute Gasteiger partial charge is 0.505 e. The molecule has 2 fully saturated rings. The van der Waals surface area contributed by atoms with Crippen molar-refractivity contribution in [2.24, 2.45) is 0 Å². The van der Waals surface area contributed by atoms with Gasteiger partial charge in [0.2, 0.25) is 33.9 Å². The van der Waals surface area contributed by atoms with Crippen LogP contribution in [0.1, 0.15) is 21.0 Å². The Morgan fingerprint density at radius 1 is 0.597 bits per heavy atom. The van der Waals surface area contributed by atoms with Crippen molar-refractivity contribution in [2.45, 2.75) is 24.2 Å². The lowest BCUT2D eigenvalue weighted by molar-refractivity contribution is -0.142. The number of para-hydroxylation sites is 2. The molecule has 4 unspecified atom stereocenters. The highest BCUT2D eigenvalue weighted by atomic mass is 33.1. The molecule has 6 N–H and O–H groups in total. The molecule has 2 aromatic heterocycles. The molecule has 2 saturated heterocycles. The molecule has 2 aliphatic heterocycles. The fourth-order valence-electron chi connectivity index (χ4n) is 6.93. The van der Waals surface area contributed by atoms with Gasteiger partial charge < -0.3 is 51.1 Å². The van der Waals surface area contributed by atoms with E-state index in [9.17, 15) is 58.2 Å². The molecule has 0 saturated carbocycles. The van der Waals surface area contributed by atoms with Crippen LogP contribution in [0.15, 0.2) is 85.2 Å². The molecule has 8 amide bonds. The summed E-state index contributed by atoms with van der Waals surface area (Å²) in [4.78, 5) is 151. The second-order valence-corrected chi connectivity index (χ2v) is 20.6. The number of thioether (sulfide) groups is 2. The van der Waals surface area contributed by atoms with Gasteiger partial charge >= 0.3 is 0 Å². The summed E-state index contributed by atoms with van der Waals surface area (Å²) >= 11 is 0.967. The minimum absolute atomic E-state index is 0.185. The maximum absolute atomic E-state index is 14.3. The molecule has 26 heteroatoms. The number of carbonyl (C=O) groups excluding carboxylic acids is 10. The summed E-state index contributed by atoms with van der Waals surface area (Å²) in [6.07, 6.45) is 0. The lowest BCUT2D eigenvalue weighted by Gasteiger charge is -2.33. The Bertz CT molecular complexity index is 2730. The number of hydrogen-bond donors (Lipinski definition) is 6. The van der Waals surface area contributed by atoms with Gasteiger partial charge in [-0.25, -0.2) is 9.97 Å². The second kappa shape index (κ2) is 23.8. The molecule has 4 heterocycles. The average Bonchev–Trinajstić information content (AvgIpc) is 3.37. The zero-order chi connectivity index (χ0) is 52.6. The number of carbonyl (C=O) groups is 10. The van der Waals surface area contributed by atoms with Gasteiger partial charge in [-0.2, -0.15) is 0 Å². The van der Waals surface area contributed by atoms with Crippen LogP contribution in [0.25, 0.3) is 21.8 Å². The highest BCUT2D eigenvalue weighted by Gasteiger charge is 2.37. The van der Waals surface area contributed by atoms with Gasteiger partial charge in [-0.05, 0) is 24.3 Å². The predicted molar refractivity (Wildman–Crippen MR) is 272 cm³/mol. The van der Waals surface area contributed by atoms with Crippen molar-refractivity contribution in [3.8, 4) is 11.5 Å². The molecule has 2 aromatic carbocycles. The lowest BCUT2D eigenvalue weighted by atomic mass is 10.1. The third-order valence-corrected chi connectivity index (χ3v) is 15.8. The molecule has 2 aliphatic rings. The first-order valence-corrected chi connectivity index (χ1v) is 26.0. The summed E-state index contributed by atoms with van der Waals surface area (Å²) in [5, 5.41) is 30.6. The second-order valence-electron chi connectivity index (χ2n) is 16.1. The Labute approximate surface area is 427 Å². The standard InChI is InChI=1S/C46H48N10O12S4/c1-23-45(67)69-19-29(51-41(63)37-33(57)15-25-11-7-9-13-27(25)49-37)39(61)47-18-36(60)56(6)32-22-72-71-21-31(43(65)53(23)3)55(5)35(59)17-48-40(62)30(20-70-46(68)24(2)54(4)44(32)66)52-42(64)38-34(58)16-26-12-8-10-14-28(26)50-38/h7-16,29-32,57-58H,1-2,17-22H2,3-6H3,(H,47,61)(H,48,62)(H,51,63)(H,52,64). The summed E-state index contributed by atoms with van der Waals surface area (Å²) < 4.78 is 0. The summed E-state index contributed by atoms with van der Waals surface area (Å²) in [5.74, 6) is -9.60. The first kappa shape index (κ1) is 54.2. The van der Waals surface area contributed by atoms with Crippen molar-refractivity contribution in [1.29, 1.82) is 0 Å². The van der Waals surface area contributed by atoms with Gasteiger partial charge in [0.05, 0.1) is 35.5 Å². The molecule has 0 aliphatic carbocycles. The average molecular weight is 1060 g/mol. The normalized spacial score (nSPS) is 21.4. The number of hydrogen-bond acceptors (Lipinski definition) is 18. The van der Waals surface area contributed by atoms with E-state index in [1.807, 2.05) is 0 Å². The molecule has 4 atom stereocenters. The van der Waals surface area contributed by atoms with Gasteiger partial charge in [0.1, 0.15) is 35.7 Å². The Hall–Kier alpha value is -7.16. The quantitative estimate of drug-likeness (QED) is 0.122. The van der Waals surface area contributed by atoms with Crippen LogP contribution >= 0.6 is 45.1 Å². The number of aromatic hydroxyl groups is 2.